The first-order valence-corrected chi connectivity index (χ1v) is 47.3. The first-order valence-electron chi connectivity index (χ1n) is 47.3. The van der Waals surface area contributed by atoms with Gasteiger partial charge >= 0.3 is 0 Å². The summed E-state index contributed by atoms with van der Waals surface area (Å²) in [4.78, 5) is 65.0. The molecule has 5 aromatic heterocycles. The number of rotatable bonds is 15. The predicted octanol–water partition coefficient (Wildman–Crippen LogP) is 30.9. The molecule has 18 aromatic rings. The van der Waals surface area contributed by atoms with Crippen molar-refractivity contribution in [3.8, 4) is 67.3 Å². The fraction of sp³-hybridized carbons (Fsp3) is 0.206. The zero-order valence-corrected chi connectivity index (χ0v) is 94.7. The average Bonchev–Trinajstić information content (AvgIpc) is 0.981. The van der Waals surface area contributed by atoms with E-state index in [9.17, 15) is 24.3 Å². The van der Waals surface area contributed by atoms with Crippen molar-refractivity contribution in [1.29, 1.82) is 0 Å². The molecule has 0 bridgehead atoms. The molecule has 1 aliphatic rings. The molecule has 19 rings (SSSR count). The number of hydrogen-bond donors (Lipinski definition) is 4. The van der Waals surface area contributed by atoms with Crippen LogP contribution in [0.15, 0.2) is 345 Å². The van der Waals surface area contributed by atoms with Crippen LogP contribution in [0.5, 0.6) is 0 Å². The number of aryl methyl sites for hydroxylation is 7. The fourth-order valence-electron chi connectivity index (χ4n) is 16.8. The van der Waals surface area contributed by atoms with Crippen molar-refractivity contribution >= 4 is 99.1 Å². The smallest absolute Gasteiger partial charge is 0.221 e. The topological polar surface area (TPSA) is 218 Å². The molecule has 4 radical (unpaired) electrons. The van der Waals surface area contributed by atoms with E-state index in [0.29, 0.717) is 30.6 Å². The van der Waals surface area contributed by atoms with E-state index in [1.54, 1.807) is 0 Å². The molecule has 746 valence electrons. The Hall–Kier alpha value is -13.2. The van der Waals surface area contributed by atoms with Crippen LogP contribution >= 0.6 is 0 Å². The second-order valence-electron chi connectivity index (χ2n) is 36.7. The summed E-state index contributed by atoms with van der Waals surface area (Å²) >= 11 is 0. The van der Waals surface area contributed by atoms with Crippen molar-refractivity contribution < 1.29 is 125 Å². The van der Waals surface area contributed by atoms with E-state index < -0.39 is 0 Å². The van der Waals surface area contributed by atoms with Crippen LogP contribution in [0.4, 0.5) is 0 Å². The maximum Gasteiger partial charge on any atom is 0.221 e. The minimum absolute atomic E-state index is 0. The molecule has 0 spiro atoms. The van der Waals surface area contributed by atoms with Crippen molar-refractivity contribution in [2.24, 2.45) is 17.8 Å². The van der Waals surface area contributed by atoms with Crippen molar-refractivity contribution in [3.05, 3.63) is 419 Å². The number of carbonyl (C=O) groups excluding carboxylic acids is 4. The standard InChI is InChI=1S/C29H19N2.C21H22N.C19H18N.C16H12N.C15H10N.C11H20O2.3C5H8O2.4Ir/c1-19-18-30-28-24-14-12-22(20-8-4-2-5-9-20)16-26(24)27-17-23(21-10-6-3-7-11-21)13-15-25(27)29(28)31-19;1-14(2)10-17-6-5-7-21-19(17)8-9-20(22-21)18-12-15(3)11-16(4)13-18;1-12-7-13(2)10-16(9-12)18-6-5-17-15(4)8-14(3)11-19(17)20-18;1-3-7-14-12(5-1)9-10-17-11-13-6-2-4-8-15(13)16(14)17;1-2-7-13(8-3-1)15-14-9-5-4-6-12(14)10-11-16-15;1-8(2)5-10(12)7-11(13)6-9(3)4;3*1-4(6)3-5(2)7;;;;/h2-13,15-18H,1H3;5-9,11-12,14H,10H2,1-4H3;5-9,11H,1-4H3;1-10H,11H2;1-7,9-11H;7-9,12H,5-6H2,1-4H3;3*3,6H,1-2H3;;;;/q3*-1;+1;-1;;;;;;;;. The summed E-state index contributed by atoms with van der Waals surface area (Å²) in [6.45, 7) is 36.7. The van der Waals surface area contributed by atoms with Gasteiger partial charge in [-0.1, -0.05) is 273 Å². The number of hydrogen-bond acceptors (Lipinski definition) is 13. The van der Waals surface area contributed by atoms with Crippen LogP contribution in [0.3, 0.4) is 0 Å². The first-order chi connectivity index (χ1) is 67.0. The molecule has 4 N–H and O–H groups in total. The summed E-state index contributed by atoms with van der Waals surface area (Å²) < 4.78 is 2.34. The van der Waals surface area contributed by atoms with Gasteiger partial charge in [0, 0.05) is 158 Å². The zero-order valence-electron chi connectivity index (χ0n) is 85.1. The van der Waals surface area contributed by atoms with E-state index in [-0.39, 0.29) is 127 Å². The molecule has 1 aliphatic heterocycles. The number of aliphatic hydroxyl groups excluding tert-OH is 4. The Kier molecular flexibility index (Phi) is 46.9. The van der Waals surface area contributed by atoms with Gasteiger partial charge in [-0.25, -0.2) is 0 Å². The van der Waals surface area contributed by atoms with Gasteiger partial charge in [0.1, 0.15) is 0 Å². The molecule has 14 nitrogen and oxygen atoms in total. The minimum atomic E-state index is -0.125. The Bertz CT molecular complexity index is 7470. The quantitative estimate of drug-likeness (QED) is 0.0247. The van der Waals surface area contributed by atoms with Gasteiger partial charge in [-0.2, -0.15) is 4.57 Å². The molecular weight excluding hydrogens is 2490 g/mol. The van der Waals surface area contributed by atoms with Gasteiger partial charge in [0.15, 0.2) is 35.9 Å². The largest absolute Gasteiger partial charge is 0.512 e. The van der Waals surface area contributed by atoms with Gasteiger partial charge in [-0.05, 0) is 183 Å². The number of pyridine rings is 4. The summed E-state index contributed by atoms with van der Waals surface area (Å²) in [7, 11) is 0. The van der Waals surface area contributed by atoms with Crippen molar-refractivity contribution in [2.75, 3.05) is 0 Å². The fourth-order valence-corrected chi connectivity index (χ4v) is 16.8. The molecule has 0 fully saturated rings. The zero-order chi connectivity index (χ0) is 101. The average molecular weight is 2620 g/mol. The summed E-state index contributed by atoms with van der Waals surface area (Å²) in [5.74, 6) is 1.44. The number of aliphatic hydroxyl groups is 4. The predicted molar refractivity (Wildman–Crippen MR) is 579 cm³/mol. The Morgan fingerprint density at radius 1 is 0.403 bits per heavy atom. The number of nitrogens with zero attached hydrogens (tertiary/aromatic N) is 6. The van der Waals surface area contributed by atoms with Crippen LogP contribution in [-0.4, -0.2) is 68.5 Å². The third-order valence-electron chi connectivity index (χ3n) is 22.3. The SMILES string of the molecule is CC(=O)C=C(C)O.CC(=O)C=C(C)O.CC(=O)C=C(C)O.CC(C)CC(=O)C=C(O)CC(C)C.Cc1[c-]c(-c2ccc3c(C)cc(C)cc3n2)cc(C)c1.Cc1[c-]c(-c2ccc3c(CC(C)C)cccc3n2)cc(C)c1.Cc1cnc2c3[c-]cc(-c4ccccc4)cc3c3cc(-c4ccccc4)ccc3c2n1.[Ir].[Ir].[Ir].[Ir].[c-]1ccccc1-c1nccc2ccccc12.c1ccc2c(c1)C[n+]1ccc3ccccc3c1-2. The molecule has 0 saturated heterocycles. The van der Waals surface area contributed by atoms with E-state index in [1.807, 2.05) is 102 Å². The summed E-state index contributed by atoms with van der Waals surface area (Å²) in [6.07, 6.45) is 12.9. The monoisotopic (exact) mass is 2620 g/mol. The van der Waals surface area contributed by atoms with Crippen LogP contribution in [0.1, 0.15) is 146 Å². The van der Waals surface area contributed by atoms with Gasteiger partial charge < -0.3 is 30.4 Å². The summed E-state index contributed by atoms with van der Waals surface area (Å²) in [6, 6.07) is 111. The first kappa shape index (κ1) is 118. The van der Waals surface area contributed by atoms with Crippen molar-refractivity contribution in [2.45, 2.75) is 157 Å². The van der Waals surface area contributed by atoms with Gasteiger partial charge in [-0.15, -0.1) is 129 Å². The second-order valence-corrected chi connectivity index (χ2v) is 36.7. The third kappa shape index (κ3) is 34.8. The third-order valence-corrected chi connectivity index (χ3v) is 22.3. The van der Waals surface area contributed by atoms with Gasteiger partial charge in [-0.3, -0.25) is 34.1 Å². The molecule has 0 amide bonds. The van der Waals surface area contributed by atoms with E-state index in [0.717, 1.165) is 107 Å². The van der Waals surface area contributed by atoms with E-state index in [4.69, 9.17) is 35.3 Å². The van der Waals surface area contributed by atoms with E-state index in [1.165, 1.54) is 165 Å². The Morgan fingerprint density at radius 3 is 1.48 bits per heavy atom. The number of aromatic nitrogens is 6. The Balaban J connectivity index is 0.000000228. The molecule has 6 heterocycles. The van der Waals surface area contributed by atoms with Gasteiger partial charge in [0.05, 0.1) is 56.2 Å². The van der Waals surface area contributed by atoms with Crippen LogP contribution in [-0.2, 0) is 113 Å². The molecule has 0 atom stereocenters. The molecule has 0 aliphatic carbocycles. The molecule has 18 heteroatoms. The Morgan fingerprint density at radius 2 is 0.924 bits per heavy atom. The number of ketones is 4. The number of allylic oxidation sites excluding steroid dienone is 8. The van der Waals surface area contributed by atoms with Crippen molar-refractivity contribution in [1.82, 2.24) is 24.9 Å². The number of fused-ring (bicyclic) bond motifs is 14. The Labute approximate surface area is 902 Å². The molecule has 0 saturated carbocycles. The minimum Gasteiger partial charge on any atom is -0.512 e. The molecular formula is C126H125Ir4N6O8-3. The summed E-state index contributed by atoms with van der Waals surface area (Å²) in [5.41, 5.74) is 28.7. The second kappa shape index (κ2) is 57.3. The maximum absolute atomic E-state index is 11.2. The normalized spacial score (nSPS) is 11.2. The number of carbonyl (C=O) groups is 4. The van der Waals surface area contributed by atoms with Crippen LogP contribution in [0.25, 0.3) is 143 Å². The van der Waals surface area contributed by atoms with E-state index in [2.05, 4.69) is 320 Å². The van der Waals surface area contributed by atoms with Gasteiger partial charge in [0.25, 0.3) is 0 Å². The van der Waals surface area contributed by atoms with E-state index >= 15 is 0 Å². The molecule has 0 unspecified atom stereocenters. The van der Waals surface area contributed by atoms with Crippen LogP contribution in [0.2, 0.25) is 0 Å². The number of benzene rings is 13. The van der Waals surface area contributed by atoms with Crippen LogP contribution in [0, 0.1) is 90.5 Å². The van der Waals surface area contributed by atoms with Gasteiger partial charge in [0.2, 0.25) is 5.69 Å². The molecule has 13 aromatic carbocycles. The van der Waals surface area contributed by atoms with Crippen molar-refractivity contribution in [3.63, 3.8) is 0 Å². The summed E-state index contributed by atoms with van der Waals surface area (Å²) in [5, 5.41) is 46.4. The maximum atomic E-state index is 11.2. The van der Waals surface area contributed by atoms with Crippen LogP contribution < -0.4 is 4.57 Å². The molecule has 144 heavy (non-hydrogen) atoms.